The number of aryl methyl sites for hydroxylation is 1. The third-order valence-corrected chi connectivity index (χ3v) is 5.61. The van der Waals surface area contributed by atoms with Crippen LogP contribution in [-0.4, -0.2) is 38.0 Å². The summed E-state index contributed by atoms with van der Waals surface area (Å²) in [6, 6.07) is 11.9. The molecule has 0 atom stereocenters. The summed E-state index contributed by atoms with van der Waals surface area (Å²) in [5, 5.41) is 28.9. The zero-order chi connectivity index (χ0) is 21.0. The highest BCUT2D eigenvalue weighted by Gasteiger charge is 2.18. The van der Waals surface area contributed by atoms with E-state index in [2.05, 4.69) is 9.97 Å². The van der Waals surface area contributed by atoms with Gasteiger partial charge in [-0.15, -0.1) is 0 Å². The van der Waals surface area contributed by atoms with E-state index >= 15 is 0 Å². The van der Waals surface area contributed by atoms with Crippen molar-refractivity contribution in [2.45, 2.75) is 26.0 Å². The number of aromatic amines is 1. The smallest absolute Gasteiger partial charge is 0.488 e. The van der Waals surface area contributed by atoms with Crippen LogP contribution in [0.3, 0.4) is 0 Å². The van der Waals surface area contributed by atoms with Crippen LogP contribution in [0.25, 0.3) is 22.5 Å². The Bertz CT molecular complexity index is 1050. The average Bonchev–Trinajstić information content (AvgIpc) is 2.75. The van der Waals surface area contributed by atoms with E-state index in [1.165, 1.54) is 0 Å². The first-order chi connectivity index (χ1) is 14.0. The number of nitrogens with zero attached hydrogens (tertiary/aromatic N) is 1. The SMILES string of the molecule is CC.O=c1[nH]c(-c2ccc(-c3ccc(B(O)O)cc3)cc2O)nc2c1CSCC2. The quantitative estimate of drug-likeness (QED) is 0.494. The number of aromatic hydroxyl groups is 1. The molecule has 29 heavy (non-hydrogen) atoms. The molecule has 0 fully saturated rings. The van der Waals surface area contributed by atoms with E-state index in [1.54, 1.807) is 48.2 Å². The molecular weight excluding hydrogens is 387 g/mol. The Morgan fingerprint density at radius 1 is 1.07 bits per heavy atom. The standard InChI is InChI=1S/C19H17BN2O4S.C2H6/c23-17-9-12(11-1-4-13(5-2-11)20(25)26)3-6-14(17)18-21-16-7-8-27-10-15(16)19(24)22-18;1-2/h1-6,9,23,25-26H,7-8,10H2,(H,21,22,24);1-2H3. The first kappa shape index (κ1) is 21.2. The van der Waals surface area contributed by atoms with Crippen molar-refractivity contribution >= 4 is 24.3 Å². The largest absolute Gasteiger partial charge is 0.507 e. The zero-order valence-electron chi connectivity index (χ0n) is 16.3. The van der Waals surface area contributed by atoms with E-state index in [0.717, 1.165) is 34.6 Å². The fourth-order valence-corrected chi connectivity index (χ4v) is 4.11. The number of hydrogen-bond donors (Lipinski definition) is 4. The normalized spacial score (nSPS) is 12.6. The number of phenols is 1. The average molecular weight is 410 g/mol. The summed E-state index contributed by atoms with van der Waals surface area (Å²) in [5.74, 6) is 1.99. The van der Waals surface area contributed by atoms with Gasteiger partial charge in [0.15, 0.2) is 0 Å². The van der Waals surface area contributed by atoms with Crippen LogP contribution in [0.15, 0.2) is 47.3 Å². The minimum absolute atomic E-state index is 0.0204. The molecule has 1 aromatic heterocycles. The third kappa shape index (κ3) is 4.55. The molecule has 0 saturated carbocycles. The molecule has 2 aromatic carbocycles. The molecule has 1 aliphatic heterocycles. The summed E-state index contributed by atoms with van der Waals surface area (Å²) in [6.45, 7) is 4.00. The van der Waals surface area contributed by atoms with Crippen LogP contribution in [0.5, 0.6) is 5.75 Å². The van der Waals surface area contributed by atoms with Crippen LogP contribution in [0.1, 0.15) is 25.1 Å². The molecular formula is C21H23BN2O4S. The molecule has 4 N–H and O–H groups in total. The van der Waals surface area contributed by atoms with Gasteiger partial charge in [-0.05, 0) is 40.9 Å². The number of nitrogens with one attached hydrogen (secondary N) is 1. The highest BCUT2D eigenvalue weighted by Crippen LogP contribution is 2.32. The molecule has 6 nitrogen and oxygen atoms in total. The molecule has 0 aliphatic carbocycles. The fourth-order valence-electron chi connectivity index (χ4n) is 3.13. The highest BCUT2D eigenvalue weighted by atomic mass is 32.2. The van der Waals surface area contributed by atoms with Gasteiger partial charge in [-0.2, -0.15) is 11.8 Å². The van der Waals surface area contributed by atoms with E-state index in [9.17, 15) is 19.9 Å². The van der Waals surface area contributed by atoms with Crippen molar-refractivity contribution in [2.24, 2.45) is 0 Å². The van der Waals surface area contributed by atoms with Gasteiger partial charge in [-0.3, -0.25) is 4.79 Å². The molecule has 0 radical (unpaired) electrons. The molecule has 2 heterocycles. The predicted molar refractivity (Wildman–Crippen MR) is 118 cm³/mol. The molecule has 0 amide bonds. The van der Waals surface area contributed by atoms with Crippen molar-refractivity contribution in [3.8, 4) is 28.3 Å². The Hall–Kier alpha value is -2.55. The minimum atomic E-state index is -1.51. The Morgan fingerprint density at radius 2 is 1.76 bits per heavy atom. The van der Waals surface area contributed by atoms with Crippen LogP contribution in [-0.2, 0) is 12.2 Å². The van der Waals surface area contributed by atoms with E-state index < -0.39 is 7.12 Å². The highest BCUT2D eigenvalue weighted by molar-refractivity contribution is 7.98. The van der Waals surface area contributed by atoms with Crippen molar-refractivity contribution in [1.82, 2.24) is 9.97 Å². The fraction of sp³-hybridized carbons (Fsp3) is 0.238. The lowest BCUT2D eigenvalue weighted by molar-refractivity contribution is 0.426. The van der Waals surface area contributed by atoms with Gasteiger partial charge in [0.1, 0.15) is 11.6 Å². The summed E-state index contributed by atoms with van der Waals surface area (Å²) in [7, 11) is -1.51. The second-order valence-electron chi connectivity index (χ2n) is 6.37. The van der Waals surface area contributed by atoms with E-state index in [-0.39, 0.29) is 11.3 Å². The number of phenolic OH excluding ortho intramolecular Hbond substituents is 1. The molecule has 0 unspecified atom stereocenters. The Balaban J connectivity index is 0.00000117. The summed E-state index contributed by atoms with van der Waals surface area (Å²) in [6.07, 6.45) is 0.749. The monoisotopic (exact) mass is 410 g/mol. The molecule has 4 rings (SSSR count). The number of aromatic nitrogens is 2. The first-order valence-corrected chi connectivity index (χ1v) is 10.7. The second kappa shape index (κ2) is 9.30. The van der Waals surface area contributed by atoms with Crippen molar-refractivity contribution < 1.29 is 15.2 Å². The van der Waals surface area contributed by atoms with E-state index in [4.69, 9.17) is 0 Å². The molecule has 0 saturated heterocycles. The summed E-state index contributed by atoms with van der Waals surface area (Å²) >= 11 is 1.72. The summed E-state index contributed by atoms with van der Waals surface area (Å²) in [5.41, 5.74) is 3.83. The van der Waals surface area contributed by atoms with Gasteiger partial charge in [0.25, 0.3) is 5.56 Å². The van der Waals surface area contributed by atoms with Gasteiger partial charge < -0.3 is 20.1 Å². The molecule has 0 bridgehead atoms. The van der Waals surface area contributed by atoms with Crippen molar-refractivity contribution in [2.75, 3.05) is 5.75 Å². The van der Waals surface area contributed by atoms with Gasteiger partial charge in [0, 0.05) is 11.3 Å². The maximum absolute atomic E-state index is 12.3. The van der Waals surface area contributed by atoms with Gasteiger partial charge in [-0.25, -0.2) is 4.98 Å². The number of benzene rings is 2. The van der Waals surface area contributed by atoms with Crippen LogP contribution in [0.4, 0.5) is 0 Å². The van der Waals surface area contributed by atoms with Crippen molar-refractivity contribution in [1.29, 1.82) is 0 Å². The van der Waals surface area contributed by atoms with E-state index in [1.807, 2.05) is 19.9 Å². The van der Waals surface area contributed by atoms with Gasteiger partial charge in [0.2, 0.25) is 0 Å². The molecule has 1 aliphatic rings. The zero-order valence-corrected chi connectivity index (χ0v) is 17.2. The maximum Gasteiger partial charge on any atom is 0.488 e. The van der Waals surface area contributed by atoms with Crippen LogP contribution < -0.4 is 11.0 Å². The molecule has 3 aromatic rings. The Kier molecular flexibility index (Phi) is 6.79. The minimum Gasteiger partial charge on any atom is -0.507 e. The predicted octanol–water partition coefficient (Wildman–Crippen LogP) is 2.30. The number of thioether (sulfide) groups is 1. The molecule has 150 valence electrons. The van der Waals surface area contributed by atoms with Gasteiger partial charge in [0.05, 0.1) is 11.3 Å². The third-order valence-electron chi connectivity index (χ3n) is 4.63. The number of hydrogen-bond acceptors (Lipinski definition) is 6. The second-order valence-corrected chi connectivity index (χ2v) is 7.48. The van der Waals surface area contributed by atoms with Crippen molar-refractivity contribution in [3.05, 3.63) is 64.1 Å². The van der Waals surface area contributed by atoms with Crippen LogP contribution >= 0.6 is 11.8 Å². The first-order valence-electron chi connectivity index (χ1n) is 9.52. The number of fused-ring (bicyclic) bond motifs is 1. The number of H-pyrrole nitrogens is 1. The maximum atomic E-state index is 12.3. The lowest BCUT2D eigenvalue weighted by atomic mass is 9.80. The topological polar surface area (TPSA) is 106 Å². The van der Waals surface area contributed by atoms with Gasteiger partial charge in [-0.1, -0.05) is 44.2 Å². The summed E-state index contributed by atoms with van der Waals surface area (Å²) in [4.78, 5) is 19.6. The van der Waals surface area contributed by atoms with Crippen molar-refractivity contribution in [3.63, 3.8) is 0 Å². The van der Waals surface area contributed by atoms with Gasteiger partial charge >= 0.3 is 7.12 Å². The molecule has 8 heteroatoms. The lowest BCUT2D eigenvalue weighted by Crippen LogP contribution is -2.29. The summed E-state index contributed by atoms with van der Waals surface area (Å²) < 4.78 is 0. The van der Waals surface area contributed by atoms with Crippen LogP contribution in [0.2, 0.25) is 0 Å². The number of rotatable bonds is 3. The Labute approximate surface area is 173 Å². The Morgan fingerprint density at radius 3 is 2.41 bits per heavy atom. The lowest BCUT2D eigenvalue weighted by Gasteiger charge is -2.15. The van der Waals surface area contributed by atoms with Crippen LogP contribution in [0, 0.1) is 0 Å². The molecule has 0 spiro atoms. The van der Waals surface area contributed by atoms with E-state index in [0.29, 0.717) is 22.6 Å².